The van der Waals surface area contributed by atoms with Gasteiger partial charge in [0, 0.05) is 12.0 Å². The zero-order valence-corrected chi connectivity index (χ0v) is 16.1. The summed E-state index contributed by atoms with van der Waals surface area (Å²) in [5.74, 6) is 2.88. The van der Waals surface area contributed by atoms with Gasteiger partial charge in [0.25, 0.3) is 0 Å². The Labute approximate surface area is 160 Å². The van der Waals surface area contributed by atoms with E-state index in [2.05, 4.69) is 18.2 Å². The van der Waals surface area contributed by atoms with E-state index in [1.807, 2.05) is 42.5 Å². The Morgan fingerprint density at radius 1 is 0.630 bits per heavy atom. The summed E-state index contributed by atoms with van der Waals surface area (Å²) in [4.78, 5) is 0. The van der Waals surface area contributed by atoms with E-state index < -0.39 is 0 Å². The first-order valence-electron chi connectivity index (χ1n) is 8.72. The molecule has 0 bridgehead atoms. The summed E-state index contributed by atoms with van der Waals surface area (Å²) in [5, 5.41) is 0. The second-order valence-electron chi connectivity index (χ2n) is 6.06. The minimum absolute atomic E-state index is 0.672. The van der Waals surface area contributed by atoms with Crippen molar-refractivity contribution < 1.29 is 18.9 Å². The summed E-state index contributed by atoms with van der Waals surface area (Å²) >= 11 is 0. The minimum atomic E-state index is 0.672. The van der Waals surface area contributed by atoms with E-state index in [-0.39, 0.29) is 0 Å². The molecule has 0 spiro atoms. The highest BCUT2D eigenvalue weighted by molar-refractivity contribution is 5.73. The number of ether oxygens (including phenoxy) is 4. The minimum Gasteiger partial charge on any atom is -0.493 e. The second kappa shape index (κ2) is 8.49. The lowest BCUT2D eigenvalue weighted by atomic mass is 9.93. The molecule has 0 N–H and O–H groups in total. The maximum Gasteiger partial charge on any atom is 0.164 e. The van der Waals surface area contributed by atoms with E-state index in [1.165, 1.54) is 0 Å². The topological polar surface area (TPSA) is 36.9 Å². The Balaban J connectivity index is 2.12. The van der Waals surface area contributed by atoms with Crippen molar-refractivity contribution in [3.05, 3.63) is 71.8 Å². The molecule has 0 fully saturated rings. The van der Waals surface area contributed by atoms with Crippen LogP contribution < -0.4 is 18.9 Å². The molecular weight excluding hydrogens is 340 g/mol. The maximum atomic E-state index is 5.72. The van der Waals surface area contributed by atoms with Crippen molar-refractivity contribution in [3.8, 4) is 34.1 Å². The third-order valence-corrected chi connectivity index (χ3v) is 4.56. The van der Waals surface area contributed by atoms with E-state index in [1.54, 1.807) is 28.4 Å². The maximum absolute atomic E-state index is 5.72. The average molecular weight is 364 g/mol. The predicted octanol–water partition coefficient (Wildman–Crippen LogP) is 4.98. The van der Waals surface area contributed by atoms with Crippen LogP contribution >= 0.6 is 0 Å². The van der Waals surface area contributed by atoms with Gasteiger partial charge in [0.1, 0.15) is 0 Å². The van der Waals surface area contributed by atoms with Crippen LogP contribution in [0.25, 0.3) is 11.1 Å². The van der Waals surface area contributed by atoms with Crippen molar-refractivity contribution in [1.29, 1.82) is 0 Å². The first kappa shape index (κ1) is 18.6. The standard InChI is InChI=1S/C23H24O4/c1-24-20-12-10-16(15-22(20)26-3)14-19-18(17-8-6-5-7-9-17)11-13-21(25-2)23(19)27-4/h5-13,15H,14H2,1-4H3. The van der Waals surface area contributed by atoms with E-state index in [0.717, 1.165) is 28.0 Å². The largest absolute Gasteiger partial charge is 0.493 e. The molecule has 0 aliphatic heterocycles. The molecule has 4 nitrogen and oxygen atoms in total. The van der Waals surface area contributed by atoms with Crippen molar-refractivity contribution in [3.63, 3.8) is 0 Å². The van der Waals surface area contributed by atoms with Crippen LogP contribution in [0, 0.1) is 0 Å². The third kappa shape index (κ3) is 3.85. The van der Waals surface area contributed by atoms with Crippen LogP contribution in [0.15, 0.2) is 60.7 Å². The Bertz CT molecular complexity index is 904. The van der Waals surface area contributed by atoms with E-state index in [9.17, 15) is 0 Å². The van der Waals surface area contributed by atoms with E-state index in [0.29, 0.717) is 23.7 Å². The molecule has 0 aromatic heterocycles. The molecule has 0 saturated carbocycles. The Kier molecular flexibility index (Phi) is 5.87. The quantitative estimate of drug-likeness (QED) is 0.593. The lowest BCUT2D eigenvalue weighted by molar-refractivity contribution is 0.352. The van der Waals surface area contributed by atoms with Gasteiger partial charge in [-0.15, -0.1) is 0 Å². The molecule has 3 rings (SSSR count). The van der Waals surface area contributed by atoms with Gasteiger partial charge in [0.2, 0.25) is 0 Å². The first-order chi connectivity index (χ1) is 13.2. The highest BCUT2D eigenvalue weighted by atomic mass is 16.5. The zero-order valence-electron chi connectivity index (χ0n) is 16.1. The molecule has 0 heterocycles. The Morgan fingerprint density at radius 2 is 1.30 bits per heavy atom. The molecule has 4 heteroatoms. The monoisotopic (exact) mass is 364 g/mol. The van der Waals surface area contributed by atoms with Crippen molar-refractivity contribution in [2.24, 2.45) is 0 Å². The fourth-order valence-corrected chi connectivity index (χ4v) is 3.25. The van der Waals surface area contributed by atoms with E-state index >= 15 is 0 Å². The molecule has 0 saturated heterocycles. The lowest BCUT2D eigenvalue weighted by Crippen LogP contribution is -2.01. The number of hydrogen-bond donors (Lipinski definition) is 0. The van der Waals surface area contributed by atoms with Crippen LogP contribution in [-0.2, 0) is 6.42 Å². The molecule has 0 amide bonds. The van der Waals surface area contributed by atoms with Gasteiger partial charge in [-0.25, -0.2) is 0 Å². The molecule has 140 valence electrons. The highest BCUT2D eigenvalue weighted by Gasteiger charge is 2.17. The van der Waals surface area contributed by atoms with Gasteiger partial charge >= 0.3 is 0 Å². The molecule has 0 atom stereocenters. The average Bonchev–Trinajstić information content (AvgIpc) is 2.73. The van der Waals surface area contributed by atoms with Crippen LogP contribution in [0.4, 0.5) is 0 Å². The summed E-state index contributed by atoms with van der Waals surface area (Å²) in [6, 6.07) is 20.2. The van der Waals surface area contributed by atoms with Gasteiger partial charge in [-0.2, -0.15) is 0 Å². The van der Waals surface area contributed by atoms with Crippen LogP contribution in [0.5, 0.6) is 23.0 Å². The molecule has 0 unspecified atom stereocenters. The van der Waals surface area contributed by atoms with Gasteiger partial charge in [-0.05, 0) is 34.9 Å². The number of methoxy groups -OCH3 is 4. The fraction of sp³-hybridized carbons (Fsp3) is 0.217. The predicted molar refractivity (Wildman–Crippen MR) is 107 cm³/mol. The summed E-state index contributed by atoms with van der Waals surface area (Å²) in [6.45, 7) is 0. The van der Waals surface area contributed by atoms with Crippen molar-refractivity contribution in [1.82, 2.24) is 0 Å². The normalized spacial score (nSPS) is 10.4. The highest BCUT2D eigenvalue weighted by Crippen LogP contribution is 2.40. The first-order valence-corrected chi connectivity index (χ1v) is 8.72. The SMILES string of the molecule is COc1ccc(Cc2c(-c3ccccc3)ccc(OC)c2OC)cc1OC. The third-order valence-electron chi connectivity index (χ3n) is 4.56. The van der Waals surface area contributed by atoms with Gasteiger partial charge < -0.3 is 18.9 Å². The van der Waals surface area contributed by atoms with Crippen LogP contribution in [-0.4, -0.2) is 28.4 Å². The molecule has 3 aromatic carbocycles. The van der Waals surface area contributed by atoms with Gasteiger partial charge in [0.15, 0.2) is 23.0 Å². The smallest absolute Gasteiger partial charge is 0.164 e. The van der Waals surface area contributed by atoms with Crippen LogP contribution in [0.1, 0.15) is 11.1 Å². The van der Waals surface area contributed by atoms with Crippen molar-refractivity contribution in [2.45, 2.75) is 6.42 Å². The van der Waals surface area contributed by atoms with E-state index in [4.69, 9.17) is 18.9 Å². The fourth-order valence-electron chi connectivity index (χ4n) is 3.25. The number of hydrogen-bond acceptors (Lipinski definition) is 4. The Hall–Kier alpha value is -3.14. The Morgan fingerprint density at radius 3 is 1.93 bits per heavy atom. The summed E-state index contributed by atoms with van der Waals surface area (Å²) in [5.41, 5.74) is 4.41. The number of benzene rings is 3. The van der Waals surface area contributed by atoms with Crippen molar-refractivity contribution >= 4 is 0 Å². The van der Waals surface area contributed by atoms with Gasteiger partial charge in [-0.3, -0.25) is 0 Å². The molecular formula is C23H24O4. The van der Waals surface area contributed by atoms with Crippen molar-refractivity contribution in [2.75, 3.05) is 28.4 Å². The van der Waals surface area contributed by atoms with Gasteiger partial charge in [0.05, 0.1) is 28.4 Å². The molecule has 0 aliphatic rings. The lowest BCUT2D eigenvalue weighted by Gasteiger charge is -2.18. The zero-order chi connectivity index (χ0) is 19.2. The molecule has 0 radical (unpaired) electrons. The second-order valence-corrected chi connectivity index (χ2v) is 6.06. The molecule has 0 aliphatic carbocycles. The van der Waals surface area contributed by atoms with Crippen LogP contribution in [0.3, 0.4) is 0 Å². The molecule has 27 heavy (non-hydrogen) atoms. The van der Waals surface area contributed by atoms with Gasteiger partial charge in [-0.1, -0.05) is 42.5 Å². The molecule has 3 aromatic rings. The van der Waals surface area contributed by atoms with Crippen LogP contribution in [0.2, 0.25) is 0 Å². The summed E-state index contributed by atoms with van der Waals surface area (Å²) in [6.07, 6.45) is 0.672. The number of rotatable bonds is 7. The summed E-state index contributed by atoms with van der Waals surface area (Å²) in [7, 11) is 6.60. The summed E-state index contributed by atoms with van der Waals surface area (Å²) < 4.78 is 22.0.